The molecule has 0 aliphatic rings. The maximum Gasteiger partial charge on any atom is 0.129 e. The van der Waals surface area contributed by atoms with Crippen molar-refractivity contribution in [3.05, 3.63) is 63.3 Å². The Morgan fingerprint density at radius 3 is 2.75 bits per heavy atom. The van der Waals surface area contributed by atoms with Gasteiger partial charge in [0.2, 0.25) is 0 Å². The van der Waals surface area contributed by atoms with E-state index in [1.807, 2.05) is 24.3 Å². The number of rotatable bonds is 5. The fraction of sp³-hybridized carbons (Fsp3) is 0.143. The molecular weight excluding hydrogens is 363 g/mol. The molecule has 2 nitrogen and oxygen atoms in total. The van der Waals surface area contributed by atoms with E-state index in [-0.39, 0.29) is 11.9 Å². The van der Waals surface area contributed by atoms with Gasteiger partial charge in [-0.1, -0.05) is 39.7 Å². The van der Waals surface area contributed by atoms with Crippen LogP contribution in [0.2, 0.25) is 5.02 Å². The average molecular weight is 376 g/mol. The Morgan fingerprint density at radius 1 is 1.30 bits per heavy atom. The lowest BCUT2D eigenvalue weighted by Crippen LogP contribution is -2.30. The van der Waals surface area contributed by atoms with E-state index in [2.05, 4.69) is 21.4 Å². The van der Waals surface area contributed by atoms with Crippen LogP contribution >= 0.6 is 39.3 Å². The van der Waals surface area contributed by atoms with Crippen LogP contribution in [0.3, 0.4) is 0 Å². The molecule has 0 heterocycles. The molecule has 0 fully saturated rings. The van der Waals surface area contributed by atoms with Crippen molar-refractivity contribution in [1.29, 1.82) is 0 Å². The molecule has 1 unspecified atom stereocenters. The van der Waals surface area contributed by atoms with Crippen LogP contribution in [0.15, 0.2) is 51.8 Å². The zero-order valence-electron chi connectivity index (χ0n) is 10.4. The van der Waals surface area contributed by atoms with Crippen molar-refractivity contribution in [3.8, 4) is 0 Å². The molecular formula is C14H13BrClFN2S. The van der Waals surface area contributed by atoms with Crippen LogP contribution in [-0.2, 0) is 0 Å². The summed E-state index contributed by atoms with van der Waals surface area (Å²) in [6.45, 7) is 0. The fourth-order valence-electron chi connectivity index (χ4n) is 1.75. The van der Waals surface area contributed by atoms with Gasteiger partial charge >= 0.3 is 0 Å². The quantitative estimate of drug-likeness (QED) is 0.458. The van der Waals surface area contributed by atoms with Gasteiger partial charge in [0.1, 0.15) is 5.82 Å². The minimum Gasteiger partial charge on any atom is -0.271 e. The van der Waals surface area contributed by atoms with Gasteiger partial charge < -0.3 is 0 Å². The Kier molecular flexibility index (Phi) is 5.86. The third-order valence-electron chi connectivity index (χ3n) is 2.75. The molecule has 6 heteroatoms. The van der Waals surface area contributed by atoms with Crippen LogP contribution in [0.1, 0.15) is 11.6 Å². The zero-order chi connectivity index (χ0) is 14.5. The summed E-state index contributed by atoms with van der Waals surface area (Å²) >= 11 is 10.8. The van der Waals surface area contributed by atoms with Gasteiger partial charge in [-0.05, 0) is 30.3 Å². The molecule has 0 spiro atoms. The topological polar surface area (TPSA) is 38.0 Å². The first-order chi connectivity index (χ1) is 9.60. The Labute approximate surface area is 135 Å². The SMILES string of the molecule is NNC(CSc1cccc(Br)c1)c1ccc(Cl)cc1F. The standard InChI is InChI=1S/C14H13BrClFN2S/c15-9-2-1-3-11(6-9)20-8-14(19-18)12-5-4-10(16)7-13(12)17/h1-7,14,19H,8,18H2. The van der Waals surface area contributed by atoms with Gasteiger partial charge in [0.05, 0.1) is 6.04 Å². The normalized spacial score (nSPS) is 12.4. The third kappa shape index (κ3) is 4.20. The van der Waals surface area contributed by atoms with E-state index < -0.39 is 0 Å². The molecule has 0 aliphatic carbocycles. The molecule has 0 amide bonds. The highest BCUT2D eigenvalue weighted by atomic mass is 79.9. The van der Waals surface area contributed by atoms with Gasteiger partial charge in [-0.25, -0.2) is 4.39 Å². The lowest BCUT2D eigenvalue weighted by atomic mass is 10.1. The first-order valence-electron chi connectivity index (χ1n) is 5.89. The van der Waals surface area contributed by atoms with Gasteiger partial charge in [-0.2, -0.15) is 0 Å². The smallest absolute Gasteiger partial charge is 0.129 e. The van der Waals surface area contributed by atoms with Crippen molar-refractivity contribution in [2.45, 2.75) is 10.9 Å². The van der Waals surface area contributed by atoms with Crippen molar-refractivity contribution >= 4 is 39.3 Å². The minimum atomic E-state index is -0.352. The van der Waals surface area contributed by atoms with Crippen LogP contribution in [0.5, 0.6) is 0 Å². The Bertz CT molecular complexity index is 597. The van der Waals surface area contributed by atoms with Crippen LogP contribution in [0, 0.1) is 5.82 Å². The Morgan fingerprint density at radius 2 is 2.10 bits per heavy atom. The van der Waals surface area contributed by atoms with Gasteiger partial charge in [-0.3, -0.25) is 11.3 Å². The largest absolute Gasteiger partial charge is 0.271 e. The average Bonchev–Trinajstić information content (AvgIpc) is 2.41. The highest BCUT2D eigenvalue weighted by Gasteiger charge is 2.15. The maximum absolute atomic E-state index is 13.9. The molecule has 0 radical (unpaired) electrons. The van der Waals surface area contributed by atoms with Gasteiger partial charge in [-0.15, -0.1) is 11.8 Å². The van der Waals surface area contributed by atoms with E-state index in [1.54, 1.807) is 23.9 Å². The number of thioether (sulfide) groups is 1. The minimum absolute atomic E-state index is 0.281. The number of nitrogens with one attached hydrogen (secondary N) is 1. The lowest BCUT2D eigenvalue weighted by molar-refractivity contribution is 0.546. The van der Waals surface area contributed by atoms with Crippen LogP contribution in [0.4, 0.5) is 4.39 Å². The van der Waals surface area contributed by atoms with E-state index in [9.17, 15) is 4.39 Å². The van der Waals surface area contributed by atoms with Crippen molar-refractivity contribution in [3.63, 3.8) is 0 Å². The summed E-state index contributed by atoms with van der Waals surface area (Å²) in [4.78, 5) is 1.09. The lowest BCUT2D eigenvalue weighted by Gasteiger charge is -2.17. The molecule has 2 aromatic carbocycles. The fourth-order valence-corrected chi connectivity index (χ4v) is 3.48. The van der Waals surface area contributed by atoms with E-state index in [1.165, 1.54) is 6.07 Å². The number of benzene rings is 2. The maximum atomic E-state index is 13.9. The van der Waals surface area contributed by atoms with Crippen molar-refractivity contribution < 1.29 is 4.39 Å². The number of halogens is 3. The number of hydrogen-bond acceptors (Lipinski definition) is 3. The number of hydrogen-bond donors (Lipinski definition) is 2. The predicted molar refractivity (Wildman–Crippen MR) is 86.3 cm³/mol. The predicted octanol–water partition coefficient (Wildman–Crippen LogP) is 4.54. The van der Waals surface area contributed by atoms with Gasteiger partial charge in [0, 0.05) is 25.7 Å². The molecule has 0 aliphatic heterocycles. The highest BCUT2D eigenvalue weighted by molar-refractivity contribution is 9.10. The molecule has 106 valence electrons. The summed E-state index contributed by atoms with van der Waals surface area (Å²) in [6.07, 6.45) is 0. The molecule has 0 saturated carbocycles. The molecule has 0 saturated heterocycles. The molecule has 2 rings (SSSR count). The van der Waals surface area contributed by atoms with E-state index in [4.69, 9.17) is 17.4 Å². The second-order valence-electron chi connectivity index (χ2n) is 4.15. The molecule has 0 bridgehead atoms. The molecule has 2 aromatic rings. The summed E-state index contributed by atoms with van der Waals surface area (Å²) in [6, 6.07) is 12.3. The highest BCUT2D eigenvalue weighted by Crippen LogP contribution is 2.28. The summed E-state index contributed by atoms with van der Waals surface area (Å²) in [5.74, 6) is 5.80. The monoisotopic (exact) mass is 374 g/mol. The van der Waals surface area contributed by atoms with Crippen molar-refractivity contribution in [2.75, 3.05) is 5.75 Å². The zero-order valence-corrected chi connectivity index (χ0v) is 13.6. The molecule has 3 N–H and O–H groups in total. The summed E-state index contributed by atoms with van der Waals surface area (Å²) < 4.78 is 14.9. The van der Waals surface area contributed by atoms with Gasteiger partial charge in [0.15, 0.2) is 0 Å². The number of hydrazine groups is 1. The summed E-state index contributed by atoms with van der Waals surface area (Å²) in [7, 11) is 0. The van der Waals surface area contributed by atoms with E-state index in [0.717, 1.165) is 9.37 Å². The van der Waals surface area contributed by atoms with Crippen molar-refractivity contribution in [1.82, 2.24) is 5.43 Å². The van der Waals surface area contributed by atoms with E-state index in [0.29, 0.717) is 16.3 Å². The Hall–Kier alpha value is -0.590. The molecule has 20 heavy (non-hydrogen) atoms. The van der Waals surface area contributed by atoms with Crippen LogP contribution in [0.25, 0.3) is 0 Å². The second-order valence-corrected chi connectivity index (χ2v) is 6.60. The summed E-state index contributed by atoms with van der Waals surface area (Å²) in [5.41, 5.74) is 3.16. The van der Waals surface area contributed by atoms with Crippen LogP contribution in [-0.4, -0.2) is 5.75 Å². The Balaban J connectivity index is 2.09. The third-order valence-corrected chi connectivity index (χ3v) is 4.57. The van der Waals surface area contributed by atoms with Gasteiger partial charge in [0.25, 0.3) is 0 Å². The molecule has 1 atom stereocenters. The number of nitrogens with two attached hydrogens (primary N) is 1. The second kappa shape index (κ2) is 7.43. The summed E-state index contributed by atoms with van der Waals surface area (Å²) in [5, 5.41) is 0.377. The van der Waals surface area contributed by atoms with Crippen molar-refractivity contribution in [2.24, 2.45) is 5.84 Å². The molecule has 0 aromatic heterocycles. The first kappa shape index (κ1) is 15.8. The van der Waals surface area contributed by atoms with E-state index >= 15 is 0 Å². The van der Waals surface area contributed by atoms with Crippen LogP contribution < -0.4 is 11.3 Å². The first-order valence-corrected chi connectivity index (χ1v) is 8.05.